The third kappa shape index (κ3) is 9.00. The molecule has 2 aliphatic heterocycles. The first-order valence-electron chi connectivity index (χ1n) is 21.2. The molecule has 0 radical (unpaired) electrons. The molecule has 2 saturated carbocycles. The summed E-state index contributed by atoms with van der Waals surface area (Å²) in [6.07, 6.45) is 8.67. The molecule has 4 aliphatic rings. The number of nitrogens with zero attached hydrogens (tertiary/aromatic N) is 5. The molecule has 2 aliphatic carbocycles. The summed E-state index contributed by atoms with van der Waals surface area (Å²) < 4.78 is 61.5. The molecular formula is C44H46ClFN8O8S. The van der Waals surface area contributed by atoms with Gasteiger partial charge in [-0.15, -0.1) is 0 Å². The molecule has 5 heterocycles. The van der Waals surface area contributed by atoms with E-state index < -0.39 is 68.5 Å². The lowest BCUT2D eigenvalue weighted by Crippen LogP contribution is -2.57. The van der Waals surface area contributed by atoms with Gasteiger partial charge in [-0.25, -0.2) is 27.8 Å². The number of amides is 3. The number of fused-ring (bicyclic) bond motifs is 5. The van der Waals surface area contributed by atoms with E-state index in [1.807, 2.05) is 26.0 Å². The monoisotopic (exact) mass is 900 g/mol. The van der Waals surface area contributed by atoms with E-state index in [9.17, 15) is 27.2 Å². The van der Waals surface area contributed by atoms with Gasteiger partial charge in [0.25, 0.3) is 11.8 Å². The van der Waals surface area contributed by atoms with E-state index in [-0.39, 0.29) is 53.9 Å². The van der Waals surface area contributed by atoms with Gasteiger partial charge in [-0.1, -0.05) is 36.6 Å². The predicted molar refractivity (Wildman–Crippen MR) is 231 cm³/mol. The number of carbonyl (C=O) groups excluding carboxylic acids is 3. The van der Waals surface area contributed by atoms with E-state index in [0.29, 0.717) is 59.9 Å². The van der Waals surface area contributed by atoms with Crippen LogP contribution in [-0.4, -0.2) is 92.6 Å². The predicted octanol–water partition coefficient (Wildman–Crippen LogP) is 6.25. The topological polar surface area (TPSA) is 208 Å². The largest absolute Gasteiger partial charge is 0.491 e. The first-order chi connectivity index (χ1) is 30.3. The molecule has 9 rings (SSSR count). The lowest BCUT2D eigenvalue weighted by atomic mass is 10.0. The summed E-state index contributed by atoms with van der Waals surface area (Å²) in [4.78, 5) is 62.9. The van der Waals surface area contributed by atoms with Crippen LogP contribution in [0.25, 0.3) is 33.5 Å². The van der Waals surface area contributed by atoms with Crippen LogP contribution in [0.1, 0.15) is 71.6 Å². The second kappa shape index (κ2) is 17.0. The van der Waals surface area contributed by atoms with Crippen LogP contribution in [0, 0.1) is 11.7 Å². The zero-order valence-electron chi connectivity index (χ0n) is 34.6. The van der Waals surface area contributed by atoms with Crippen LogP contribution in [0.4, 0.5) is 10.3 Å². The lowest BCUT2D eigenvalue weighted by Gasteiger charge is -2.30. The lowest BCUT2D eigenvalue weighted by molar-refractivity contribution is -0.140. The van der Waals surface area contributed by atoms with Gasteiger partial charge < -0.3 is 29.4 Å². The van der Waals surface area contributed by atoms with Gasteiger partial charge in [0.1, 0.15) is 51.5 Å². The van der Waals surface area contributed by atoms with Crippen molar-refractivity contribution < 1.29 is 41.1 Å². The van der Waals surface area contributed by atoms with E-state index in [0.717, 1.165) is 12.8 Å². The van der Waals surface area contributed by atoms with Gasteiger partial charge >= 0.3 is 0 Å². The third-order valence-electron chi connectivity index (χ3n) is 11.8. The fourth-order valence-corrected chi connectivity index (χ4v) is 9.82. The molecule has 3 aromatic heterocycles. The molecule has 3 fully saturated rings. The van der Waals surface area contributed by atoms with Crippen LogP contribution in [-0.2, 0) is 24.4 Å². The molecule has 0 spiro atoms. The minimum atomic E-state index is -3.94. The Balaban J connectivity index is 1.08. The zero-order valence-corrected chi connectivity index (χ0v) is 36.1. The first-order valence-corrected chi connectivity index (χ1v) is 23.1. The Kier molecular flexibility index (Phi) is 11.5. The average molecular weight is 901 g/mol. The van der Waals surface area contributed by atoms with Gasteiger partial charge in [-0.05, 0) is 101 Å². The molecule has 63 heavy (non-hydrogen) atoms. The number of sulfonamides is 1. The van der Waals surface area contributed by atoms with Crippen molar-refractivity contribution in [3.63, 3.8) is 0 Å². The summed E-state index contributed by atoms with van der Waals surface area (Å²) in [6.45, 7) is 3.75. The van der Waals surface area contributed by atoms with E-state index in [1.165, 1.54) is 35.4 Å². The number of anilines is 1. The standard InChI is InChI=1S/C44H46ClFN8O8S/c1-24(2)60-28-13-10-25(11-14-28)38-50-36-31-20-27(46)12-17-34(31)62-37(36)40(51-38)61-29-21-33-39(55)52-44(42(57)53-63(58,59)30-15-16-30)22-26(44)8-6-4-3-5-7-9-32(41(56)54(33)23-29)48-43-47-19-18-35(45)49-43/h6,8,10-14,17-20,24,26,29-30,32-33H,3-5,7,9,15-16,21-23H2,1-2H3,(H,52,55)(H,53,57)(H,47,48,49)/b8-6-/t26-,29-,32+,33+,44-/m1/s1. The number of aromatic nitrogens is 4. The molecule has 1 saturated heterocycles. The number of nitrogens with one attached hydrogen (secondary N) is 3. The van der Waals surface area contributed by atoms with Crippen LogP contribution in [0.3, 0.4) is 0 Å². The van der Waals surface area contributed by atoms with Crippen LogP contribution in [0.5, 0.6) is 11.6 Å². The first kappa shape index (κ1) is 42.4. The maximum Gasteiger partial charge on any atom is 0.262 e. The molecule has 0 bridgehead atoms. The van der Waals surface area contributed by atoms with Crippen molar-refractivity contribution in [1.29, 1.82) is 0 Å². The highest BCUT2D eigenvalue weighted by Gasteiger charge is 2.62. The summed E-state index contributed by atoms with van der Waals surface area (Å²) in [5.74, 6) is -1.86. The molecule has 330 valence electrons. The molecule has 2 aromatic carbocycles. The van der Waals surface area contributed by atoms with Gasteiger partial charge in [0.2, 0.25) is 33.4 Å². The number of halogens is 2. The van der Waals surface area contributed by atoms with Crippen LogP contribution in [0.15, 0.2) is 71.3 Å². The van der Waals surface area contributed by atoms with E-state index in [1.54, 1.807) is 24.3 Å². The molecular weight excluding hydrogens is 855 g/mol. The Morgan fingerprint density at radius 3 is 2.62 bits per heavy atom. The zero-order chi connectivity index (χ0) is 44.0. The van der Waals surface area contributed by atoms with E-state index >= 15 is 0 Å². The summed E-state index contributed by atoms with van der Waals surface area (Å²) in [5, 5.41) is 5.94. The van der Waals surface area contributed by atoms with Crippen molar-refractivity contribution in [1.82, 2.24) is 34.9 Å². The second-order valence-electron chi connectivity index (χ2n) is 16.9. The molecule has 16 nitrogen and oxygen atoms in total. The molecule has 3 amide bonds. The normalized spacial score (nSPS) is 24.8. The second-order valence-corrected chi connectivity index (χ2v) is 19.2. The van der Waals surface area contributed by atoms with E-state index in [4.69, 9.17) is 35.5 Å². The molecule has 19 heteroatoms. The summed E-state index contributed by atoms with van der Waals surface area (Å²) >= 11 is 6.19. The Bertz CT molecular complexity index is 2730. The Hall–Kier alpha value is -5.88. The van der Waals surface area contributed by atoms with Gasteiger partial charge in [0.05, 0.1) is 17.9 Å². The van der Waals surface area contributed by atoms with E-state index in [2.05, 4.69) is 25.3 Å². The van der Waals surface area contributed by atoms with Gasteiger partial charge in [-0.3, -0.25) is 19.1 Å². The van der Waals surface area contributed by atoms with Crippen molar-refractivity contribution in [2.75, 3.05) is 11.9 Å². The SMILES string of the molecule is CC(C)Oc1ccc(-c2nc(O[C@@H]3C[C@H]4C(=O)N[C@]5(C(=O)NS(=O)(=O)C6CC6)C[C@H]5/C=C\CCCCC[C@H](Nc5nccc(Cl)n5)C(=O)N4C3)c3oc4ccc(F)cc4c3n2)cc1. The summed E-state index contributed by atoms with van der Waals surface area (Å²) in [5.41, 5.74) is -0.175. The van der Waals surface area contributed by atoms with Crippen molar-refractivity contribution >= 4 is 67.4 Å². The Morgan fingerprint density at radius 1 is 1.05 bits per heavy atom. The molecule has 5 aromatic rings. The fraction of sp³-hybridized carbons (Fsp3) is 0.432. The maximum atomic E-state index is 14.8. The molecule has 0 unspecified atom stereocenters. The quantitative estimate of drug-likeness (QED) is 0.105. The summed E-state index contributed by atoms with van der Waals surface area (Å²) in [6, 6.07) is 10.7. The third-order valence-corrected chi connectivity index (χ3v) is 13.8. The maximum absolute atomic E-state index is 14.8. The number of hydrogen-bond acceptors (Lipinski definition) is 13. The number of allylic oxidation sites excluding steroid dienone is 1. The average Bonchev–Trinajstić information content (AvgIpc) is 4.15. The molecule has 3 N–H and O–H groups in total. The summed E-state index contributed by atoms with van der Waals surface area (Å²) in [7, 11) is -3.94. The van der Waals surface area contributed by atoms with Crippen molar-refractivity contribution in [3.05, 3.63) is 77.9 Å². The smallest absolute Gasteiger partial charge is 0.262 e. The number of ether oxygens (including phenoxy) is 2. The number of carbonyl (C=O) groups is 3. The number of benzene rings is 2. The van der Waals surface area contributed by atoms with Crippen molar-refractivity contribution in [2.45, 2.75) is 107 Å². The minimum absolute atomic E-state index is 0.00485. The highest BCUT2D eigenvalue weighted by Crippen LogP contribution is 2.46. The number of furan rings is 1. The van der Waals surface area contributed by atoms with Crippen LogP contribution >= 0.6 is 11.6 Å². The number of rotatable bonds is 10. The van der Waals surface area contributed by atoms with Crippen LogP contribution in [0.2, 0.25) is 5.15 Å². The van der Waals surface area contributed by atoms with Gasteiger partial charge in [0, 0.05) is 29.5 Å². The highest BCUT2D eigenvalue weighted by molar-refractivity contribution is 7.91. The Morgan fingerprint density at radius 2 is 1.86 bits per heavy atom. The van der Waals surface area contributed by atoms with Gasteiger partial charge in [0.15, 0.2) is 5.82 Å². The Labute approximate surface area is 367 Å². The van der Waals surface area contributed by atoms with Crippen molar-refractivity contribution in [2.24, 2.45) is 5.92 Å². The van der Waals surface area contributed by atoms with Crippen molar-refractivity contribution in [3.8, 4) is 23.0 Å². The highest BCUT2D eigenvalue weighted by atomic mass is 35.5. The molecule has 5 atom stereocenters. The fourth-order valence-electron chi connectivity index (χ4n) is 8.32. The van der Waals surface area contributed by atoms with Gasteiger partial charge in [-0.2, -0.15) is 4.98 Å². The number of hydrogen-bond donors (Lipinski definition) is 3. The van der Waals surface area contributed by atoms with Crippen LogP contribution < -0.4 is 24.8 Å². The minimum Gasteiger partial charge on any atom is -0.491 e.